The van der Waals surface area contributed by atoms with Gasteiger partial charge in [-0.25, -0.2) is 0 Å². The average molecular weight is 340 g/mol. The second-order valence-corrected chi connectivity index (χ2v) is 5.52. The summed E-state index contributed by atoms with van der Waals surface area (Å²) in [5.41, 5.74) is 1.56. The van der Waals surface area contributed by atoms with Gasteiger partial charge in [0.2, 0.25) is 5.91 Å². The van der Waals surface area contributed by atoms with Crippen molar-refractivity contribution in [1.29, 1.82) is 5.26 Å². The predicted octanol–water partition coefficient (Wildman–Crippen LogP) is 4.70. The van der Waals surface area contributed by atoms with Gasteiger partial charge in [0.1, 0.15) is 6.07 Å². The Bertz CT molecular complexity index is 738. The maximum absolute atomic E-state index is 12.0. The van der Waals surface area contributed by atoms with Crippen LogP contribution in [0.25, 0.3) is 0 Å². The smallest absolute Gasteiger partial charge is 0.228 e. The highest BCUT2D eigenvalue weighted by atomic mass is 35.5. The van der Waals surface area contributed by atoms with Crippen molar-refractivity contribution >= 4 is 46.4 Å². The quantitative estimate of drug-likeness (QED) is 0.881. The molecule has 2 aromatic carbocycles. The van der Waals surface area contributed by atoms with Crippen LogP contribution in [0.4, 0.5) is 5.69 Å². The number of amides is 1. The van der Waals surface area contributed by atoms with Crippen molar-refractivity contribution in [1.82, 2.24) is 0 Å². The highest BCUT2D eigenvalue weighted by Crippen LogP contribution is 2.23. The number of rotatable bonds is 3. The molecule has 0 radical (unpaired) electrons. The molecule has 0 saturated carbocycles. The minimum Gasteiger partial charge on any atom is -0.326 e. The molecule has 1 N–H and O–H groups in total. The molecule has 2 rings (SSSR count). The normalized spacial score (nSPS) is 10.0. The molecular weight excluding hydrogens is 331 g/mol. The number of benzene rings is 2. The molecule has 0 aliphatic carbocycles. The minimum atomic E-state index is -0.236. The summed E-state index contributed by atoms with van der Waals surface area (Å²) < 4.78 is 0. The summed E-state index contributed by atoms with van der Waals surface area (Å²) in [5.74, 6) is -0.236. The summed E-state index contributed by atoms with van der Waals surface area (Å²) in [5, 5.41) is 12.7. The van der Waals surface area contributed by atoms with Crippen LogP contribution in [-0.4, -0.2) is 5.91 Å². The van der Waals surface area contributed by atoms with Gasteiger partial charge in [-0.3, -0.25) is 4.79 Å². The molecule has 0 unspecified atom stereocenters. The van der Waals surface area contributed by atoms with Gasteiger partial charge in [-0.2, -0.15) is 5.26 Å². The third kappa shape index (κ3) is 4.12. The SMILES string of the molecule is N#Cc1ccc(NC(=O)Cc2ccc(Cl)cc2Cl)cc1Cl. The summed E-state index contributed by atoms with van der Waals surface area (Å²) in [6, 6.07) is 11.6. The van der Waals surface area contributed by atoms with E-state index in [2.05, 4.69) is 5.32 Å². The minimum absolute atomic E-state index is 0.119. The molecular formula is C15H9Cl3N2O. The number of nitrogens with zero attached hydrogens (tertiary/aromatic N) is 1. The van der Waals surface area contributed by atoms with Gasteiger partial charge < -0.3 is 5.32 Å². The van der Waals surface area contributed by atoms with Gasteiger partial charge in [-0.05, 0) is 35.9 Å². The summed E-state index contributed by atoms with van der Waals surface area (Å²) in [6.45, 7) is 0. The lowest BCUT2D eigenvalue weighted by atomic mass is 10.1. The number of hydrogen-bond acceptors (Lipinski definition) is 2. The predicted molar refractivity (Wildman–Crippen MR) is 85.0 cm³/mol. The fourth-order valence-electron chi connectivity index (χ4n) is 1.73. The molecule has 1 amide bonds. The molecule has 3 nitrogen and oxygen atoms in total. The van der Waals surface area contributed by atoms with Gasteiger partial charge in [-0.15, -0.1) is 0 Å². The van der Waals surface area contributed by atoms with Crippen molar-refractivity contribution in [2.45, 2.75) is 6.42 Å². The number of carbonyl (C=O) groups is 1. The molecule has 106 valence electrons. The van der Waals surface area contributed by atoms with Crippen molar-refractivity contribution in [3.05, 3.63) is 62.6 Å². The number of halogens is 3. The Hall–Kier alpha value is -1.73. The zero-order valence-corrected chi connectivity index (χ0v) is 12.9. The standard InChI is InChI=1S/C15H9Cl3N2O/c16-11-3-1-9(13(17)6-11)5-15(21)20-12-4-2-10(8-19)14(18)7-12/h1-4,6-7H,5H2,(H,20,21). The van der Waals surface area contributed by atoms with Gasteiger partial charge in [0.05, 0.1) is 17.0 Å². The molecule has 0 bridgehead atoms. The number of nitrogens with one attached hydrogen (secondary N) is 1. The molecule has 0 spiro atoms. The Morgan fingerprint density at radius 1 is 1.10 bits per heavy atom. The van der Waals surface area contributed by atoms with Crippen LogP contribution in [-0.2, 0) is 11.2 Å². The number of anilines is 1. The molecule has 21 heavy (non-hydrogen) atoms. The lowest BCUT2D eigenvalue weighted by Crippen LogP contribution is -2.14. The van der Waals surface area contributed by atoms with Crippen molar-refractivity contribution in [3.63, 3.8) is 0 Å². The second-order valence-electron chi connectivity index (χ2n) is 4.27. The Morgan fingerprint density at radius 3 is 2.48 bits per heavy atom. The summed E-state index contributed by atoms with van der Waals surface area (Å²) in [6.07, 6.45) is 0.119. The molecule has 0 aliphatic rings. The number of nitriles is 1. The molecule has 0 fully saturated rings. The fraction of sp³-hybridized carbons (Fsp3) is 0.0667. The molecule has 0 aromatic heterocycles. The molecule has 0 saturated heterocycles. The van der Waals surface area contributed by atoms with Crippen LogP contribution in [0.2, 0.25) is 15.1 Å². The average Bonchev–Trinajstić information content (AvgIpc) is 2.42. The van der Waals surface area contributed by atoms with E-state index in [0.29, 0.717) is 31.9 Å². The number of carbonyl (C=O) groups excluding carboxylic acids is 1. The summed E-state index contributed by atoms with van der Waals surface area (Å²) in [7, 11) is 0. The fourth-order valence-corrected chi connectivity index (χ4v) is 2.42. The first-order chi connectivity index (χ1) is 9.99. The number of hydrogen-bond donors (Lipinski definition) is 1. The van der Waals surface area contributed by atoms with Crippen LogP contribution >= 0.6 is 34.8 Å². The third-order valence-corrected chi connectivity index (χ3v) is 3.64. The lowest BCUT2D eigenvalue weighted by molar-refractivity contribution is -0.115. The van der Waals surface area contributed by atoms with Crippen LogP contribution in [0.3, 0.4) is 0 Å². The third-order valence-electron chi connectivity index (χ3n) is 2.74. The molecule has 0 atom stereocenters. The van der Waals surface area contributed by atoms with E-state index in [1.807, 2.05) is 6.07 Å². The second kappa shape index (κ2) is 6.82. The van der Waals surface area contributed by atoms with E-state index < -0.39 is 0 Å². The maximum atomic E-state index is 12.0. The highest BCUT2D eigenvalue weighted by Gasteiger charge is 2.09. The van der Waals surface area contributed by atoms with E-state index in [0.717, 1.165) is 0 Å². The van der Waals surface area contributed by atoms with Gasteiger partial charge in [0.25, 0.3) is 0 Å². The van der Waals surface area contributed by atoms with E-state index in [1.54, 1.807) is 30.3 Å². The Morgan fingerprint density at radius 2 is 1.86 bits per heavy atom. The first kappa shape index (κ1) is 15.7. The van der Waals surface area contributed by atoms with Crippen LogP contribution in [0.1, 0.15) is 11.1 Å². The highest BCUT2D eigenvalue weighted by molar-refractivity contribution is 6.35. The van der Waals surface area contributed by atoms with Crippen LogP contribution in [0, 0.1) is 11.3 Å². The van der Waals surface area contributed by atoms with Gasteiger partial charge in [0, 0.05) is 15.7 Å². The van der Waals surface area contributed by atoms with Gasteiger partial charge in [0.15, 0.2) is 0 Å². The Balaban J connectivity index is 2.08. The van der Waals surface area contributed by atoms with Crippen molar-refractivity contribution < 1.29 is 4.79 Å². The monoisotopic (exact) mass is 338 g/mol. The van der Waals surface area contributed by atoms with E-state index >= 15 is 0 Å². The Kier molecular flexibility index (Phi) is 5.08. The van der Waals surface area contributed by atoms with Crippen molar-refractivity contribution in [2.75, 3.05) is 5.32 Å². The first-order valence-electron chi connectivity index (χ1n) is 5.93. The van der Waals surface area contributed by atoms with Gasteiger partial charge in [-0.1, -0.05) is 40.9 Å². The van der Waals surface area contributed by atoms with Crippen LogP contribution in [0.5, 0.6) is 0 Å². The Labute approximate surface area is 137 Å². The topological polar surface area (TPSA) is 52.9 Å². The zero-order valence-electron chi connectivity index (χ0n) is 10.7. The lowest BCUT2D eigenvalue weighted by Gasteiger charge is -2.07. The van der Waals surface area contributed by atoms with Crippen LogP contribution in [0.15, 0.2) is 36.4 Å². The van der Waals surface area contributed by atoms with Crippen molar-refractivity contribution in [2.24, 2.45) is 0 Å². The largest absolute Gasteiger partial charge is 0.326 e. The summed E-state index contributed by atoms with van der Waals surface area (Å²) in [4.78, 5) is 12.0. The molecule has 0 aliphatic heterocycles. The van der Waals surface area contributed by atoms with E-state index in [4.69, 9.17) is 40.1 Å². The van der Waals surface area contributed by atoms with E-state index in [9.17, 15) is 4.79 Å². The maximum Gasteiger partial charge on any atom is 0.228 e. The molecule has 0 heterocycles. The van der Waals surface area contributed by atoms with Crippen molar-refractivity contribution in [3.8, 4) is 6.07 Å². The summed E-state index contributed by atoms with van der Waals surface area (Å²) >= 11 is 17.7. The molecule has 6 heteroatoms. The van der Waals surface area contributed by atoms with E-state index in [-0.39, 0.29) is 12.3 Å². The molecule has 2 aromatic rings. The van der Waals surface area contributed by atoms with Crippen LogP contribution < -0.4 is 5.32 Å². The first-order valence-corrected chi connectivity index (χ1v) is 7.06. The van der Waals surface area contributed by atoms with E-state index in [1.165, 1.54) is 6.07 Å². The zero-order chi connectivity index (χ0) is 15.4. The van der Waals surface area contributed by atoms with Gasteiger partial charge >= 0.3 is 0 Å².